The zero-order valence-electron chi connectivity index (χ0n) is 8.64. The normalized spacial score (nSPS) is 10.2. The number of nitrogens with zero attached hydrogens (tertiary/aromatic N) is 1. The Morgan fingerprint density at radius 2 is 2.07 bits per heavy atom. The average molecular weight is 219 g/mol. The first-order valence-corrected chi connectivity index (χ1v) is 5.81. The fourth-order valence-corrected chi connectivity index (χ4v) is 2.02. The van der Waals surface area contributed by atoms with E-state index in [-0.39, 0.29) is 0 Å². The molecule has 1 aromatic heterocycles. The van der Waals surface area contributed by atoms with E-state index in [1.807, 2.05) is 36.5 Å². The summed E-state index contributed by atoms with van der Waals surface area (Å²) in [6.45, 7) is 2.70. The van der Waals surface area contributed by atoms with Crippen molar-refractivity contribution >= 4 is 11.3 Å². The lowest BCUT2D eigenvalue weighted by Gasteiger charge is -2.02. The lowest BCUT2D eigenvalue weighted by molar-refractivity contribution is 0.305. The van der Waals surface area contributed by atoms with Crippen LogP contribution in [0.1, 0.15) is 16.8 Å². The Morgan fingerprint density at radius 3 is 2.73 bits per heavy atom. The third-order valence-electron chi connectivity index (χ3n) is 2.06. The SMILES string of the molecule is CCc1cnc(COc2ccccc2)s1. The second kappa shape index (κ2) is 4.94. The summed E-state index contributed by atoms with van der Waals surface area (Å²) in [5.74, 6) is 0.894. The minimum Gasteiger partial charge on any atom is -0.486 e. The van der Waals surface area contributed by atoms with E-state index in [1.165, 1.54) is 4.88 Å². The van der Waals surface area contributed by atoms with Crippen LogP contribution >= 0.6 is 11.3 Å². The lowest BCUT2D eigenvalue weighted by atomic mass is 10.3. The van der Waals surface area contributed by atoms with E-state index in [0.29, 0.717) is 6.61 Å². The highest BCUT2D eigenvalue weighted by Gasteiger charge is 2.00. The van der Waals surface area contributed by atoms with Crippen molar-refractivity contribution in [3.63, 3.8) is 0 Å². The molecule has 2 rings (SSSR count). The molecule has 0 amide bonds. The van der Waals surface area contributed by atoms with Gasteiger partial charge in [0, 0.05) is 11.1 Å². The first-order valence-electron chi connectivity index (χ1n) is 5.00. The maximum absolute atomic E-state index is 5.60. The molecule has 78 valence electrons. The van der Waals surface area contributed by atoms with Gasteiger partial charge in [-0.25, -0.2) is 4.98 Å². The number of hydrogen-bond acceptors (Lipinski definition) is 3. The molecule has 0 aliphatic heterocycles. The molecular weight excluding hydrogens is 206 g/mol. The van der Waals surface area contributed by atoms with E-state index in [0.717, 1.165) is 17.2 Å². The van der Waals surface area contributed by atoms with Crippen LogP contribution in [0.3, 0.4) is 0 Å². The Hall–Kier alpha value is -1.35. The van der Waals surface area contributed by atoms with Gasteiger partial charge in [-0.15, -0.1) is 11.3 Å². The number of ether oxygens (including phenoxy) is 1. The Bertz CT molecular complexity index is 411. The minimum atomic E-state index is 0.564. The van der Waals surface area contributed by atoms with Crippen molar-refractivity contribution in [2.75, 3.05) is 0 Å². The van der Waals surface area contributed by atoms with E-state index in [9.17, 15) is 0 Å². The van der Waals surface area contributed by atoms with Gasteiger partial charge in [0.05, 0.1) is 0 Å². The molecule has 1 aromatic carbocycles. The molecule has 0 bridgehead atoms. The van der Waals surface area contributed by atoms with E-state index >= 15 is 0 Å². The van der Waals surface area contributed by atoms with Crippen LogP contribution in [0.15, 0.2) is 36.5 Å². The highest BCUT2D eigenvalue weighted by atomic mass is 32.1. The van der Waals surface area contributed by atoms with Crippen molar-refractivity contribution in [2.24, 2.45) is 0 Å². The predicted octanol–water partition coefficient (Wildman–Crippen LogP) is 3.28. The van der Waals surface area contributed by atoms with Gasteiger partial charge < -0.3 is 4.74 Å². The Balaban J connectivity index is 1.93. The zero-order valence-corrected chi connectivity index (χ0v) is 9.46. The van der Waals surface area contributed by atoms with E-state index in [2.05, 4.69) is 11.9 Å². The van der Waals surface area contributed by atoms with Crippen LogP contribution in [0.5, 0.6) is 5.75 Å². The molecule has 0 aliphatic rings. The van der Waals surface area contributed by atoms with Crippen LogP contribution < -0.4 is 4.74 Å². The third kappa shape index (κ3) is 2.80. The smallest absolute Gasteiger partial charge is 0.140 e. The number of benzene rings is 1. The molecule has 0 aliphatic carbocycles. The van der Waals surface area contributed by atoms with Gasteiger partial charge >= 0.3 is 0 Å². The molecule has 0 fully saturated rings. The van der Waals surface area contributed by atoms with Gasteiger partial charge in [-0.1, -0.05) is 25.1 Å². The molecule has 0 unspecified atom stereocenters. The topological polar surface area (TPSA) is 22.1 Å². The molecule has 0 N–H and O–H groups in total. The fourth-order valence-electron chi connectivity index (χ4n) is 1.24. The number of rotatable bonds is 4. The molecular formula is C12H13NOS. The lowest BCUT2D eigenvalue weighted by Crippen LogP contribution is -1.93. The minimum absolute atomic E-state index is 0.564. The summed E-state index contributed by atoms with van der Waals surface area (Å²) in [5.41, 5.74) is 0. The summed E-state index contributed by atoms with van der Waals surface area (Å²) in [4.78, 5) is 5.60. The number of para-hydroxylation sites is 1. The highest BCUT2D eigenvalue weighted by Crippen LogP contribution is 2.16. The fraction of sp³-hybridized carbons (Fsp3) is 0.250. The zero-order chi connectivity index (χ0) is 10.5. The quantitative estimate of drug-likeness (QED) is 0.787. The largest absolute Gasteiger partial charge is 0.486 e. The monoisotopic (exact) mass is 219 g/mol. The van der Waals surface area contributed by atoms with E-state index < -0.39 is 0 Å². The molecule has 15 heavy (non-hydrogen) atoms. The van der Waals surface area contributed by atoms with E-state index in [1.54, 1.807) is 11.3 Å². The standard InChI is InChI=1S/C12H13NOS/c1-2-11-8-13-12(15-11)9-14-10-6-4-3-5-7-10/h3-8H,2,9H2,1H3. The Kier molecular flexibility index (Phi) is 3.35. The van der Waals surface area contributed by atoms with Crippen molar-refractivity contribution in [2.45, 2.75) is 20.0 Å². The van der Waals surface area contributed by atoms with Crippen LogP contribution in [-0.4, -0.2) is 4.98 Å². The molecule has 1 heterocycles. The first-order chi connectivity index (χ1) is 7.38. The van der Waals surface area contributed by atoms with Crippen molar-refractivity contribution in [1.82, 2.24) is 4.98 Å². The van der Waals surface area contributed by atoms with Gasteiger partial charge in [-0.2, -0.15) is 0 Å². The summed E-state index contributed by atoms with van der Waals surface area (Å²) >= 11 is 1.72. The van der Waals surface area contributed by atoms with Crippen molar-refractivity contribution in [3.05, 3.63) is 46.4 Å². The molecule has 0 radical (unpaired) electrons. The van der Waals surface area contributed by atoms with Crippen LogP contribution in [0.25, 0.3) is 0 Å². The first kappa shape index (κ1) is 10.2. The summed E-state index contributed by atoms with van der Waals surface area (Å²) < 4.78 is 5.60. The Labute approximate surface area is 93.6 Å². The Morgan fingerprint density at radius 1 is 1.27 bits per heavy atom. The second-order valence-electron chi connectivity index (χ2n) is 3.18. The number of hydrogen-bond donors (Lipinski definition) is 0. The molecule has 2 nitrogen and oxygen atoms in total. The third-order valence-corrected chi connectivity index (χ3v) is 3.17. The molecule has 2 aromatic rings. The van der Waals surface area contributed by atoms with Gasteiger partial charge in [-0.3, -0.25) is 0 Å². The van der Waals surface area contributed by atoms with Crippen molar-refractivity contribution in [3.8, 4) is 5.75 Å². The number of aryl methyl sites for hydroxylation is 1. The van der Waals surface area contributed by atoms with E-state index in [4.69, 9.17) is 4.74 Å². The van der Waals surface area contributed by atoms with Gasteiger partial charge in [0.25, 0.3) is 0 Å². The van der Waals surface area contributed by atoms with Crippen LogP contribution in [0.2, 0.25) is 0 Å². The van der Waals surface area contributed by atoms with Gasteiger partial charge in [-0.05, 0) is 18.6 Å². The molecule has 0 atom stereocenters. The molecule has 0 spiro atoms. The maximum atomic E-state index is 5.60. The summed E-state index contributed by atoms with van der Waals surface area (Å²) in [7, 11) is 0. The van der Waals surface area contributed by atoms with Crippen LogP contribution in [0.4, 0.5) is 0 Å². The second-order valence-corrected chi connectivity index (χ2v) is 4.38. The summed E-state index contributed by atoms with van der Waals surface area (Å²) in [5, 5.41) is 1.04. The summed E-state index contributed by atoms with van der Waals surface area (Å²) in [6.07, 6.45) is 2.97. The van der Waals surface area contributed by atoms with Crippen LogP contribution in [-0.2, 0) is 13.0 Å². The van der Waals surface area contributed by atoms with Gasteiger partial charge in [0.1, 0.15) is 17.4 Å². The number of aromatic nitrogens is 1. The predicted molar refractivity (Wildman–Crippen MR) is 62.3 cm³/mol. The molecule has 3 heteroatoms. The maximum Gasteiger partial charge on any atom is 0.140 e. The highest BCUT2D eigenvalue weighted by molar-refractivity contribution is 7.11. The van der Waals surface area contributed by atoms with Gasteiger partial charge in [0.15, 0.2) is 0 Å². The molecule has 0 saturated carbocycles. The molecule has 0 saturated heterocycles. The van der Waals surface area contributed by atoms with Crippen LogP contribution in [0, 0.1) is 0 Å². The average Bonchev–Trinajstić information content (AvgIpc) is 2.76. The van der Waals surface area contributed by atoms with Gasteiger partial charge in [0.2, 0.25) is 0 Å². The van der Waals surface area contributed by atoms with Crippen molar-refractivity contribution < 1.29 is 4.74 Å². The van der Waals surface area contributed by atoms with Crippen molar-refractivity contribution in [1.29, 1.82) is 0 Å². The summed E-state index contributed by atoms with van der Waals surface area (Å²) in [6, 6.07) is 9.82. The number of thiazole rings is 1.